The van der Waals surface area contributed by atoms with Crippen LogP contribution in [0.3, 0.4) is 0 Å². The molecule has 1 saturated carbocycles. The summed E-state index contributed by atoms with van der Waals surface area (Å²) in [5.74, 6) is 0.750. The molecule has 0 aromatic rings. The fourth-order valence-electron chi connectivity index (χ4n) is 1.81. The van der Waals surface area contributed by atoms with Gasteiger partial charge in [-0.25, -0.2) is 4.79 Å². The van der Waals surface area contributed by atoms with Gasteiger partial charge in [0, 0.05) is 7.05 Å². The SMILES string of the molecule is CCC1CC(C)(OC(=O)NC)C1. The molecule has 1 N–H and O–H groups in total. The fourth-order valence-corrected chi connectivity index (χ4v) is 1.81. The van der Waals surface area contributed by atoms with Crippen LogP contribution >= 0.6 is 0 Å². The lowest BCUT2D eigenvalue weighted by Crippen LogP contribution is -2.46. The number of amides is 1. The van der Waals surface area contributed by atoms with E-state index in [9.17, 15) is 4.79 Å². The molecule has 1 fully saturated rings. The highest BCUT2D eigenvalue weighted by molar-refractivity contribution is 5.67. The van der Waals surface area contributed by atoms with E-state index in [-0.39, 0.29) is 11.7 Å². The summed E-state index contributed by atoms with van der Waals surface area (Å²) < 4.78 is 5.20. The van der Waals surface area contributed by atoms with Crippen LogP contribution < -0.4 is 5.32 Å². The quantitative estimate of drug-likeness (QED) is 0.689. The standard InChI is InChI=1S/C9H17NO2/c1-4-7-5-9(2,6-7)12-8(11)10-3/h7H,4-6H2,1-3H3,(H,10,11). The van der Waals surface area contributed by atoms with Gasteiger partial charge in [-0.05, 0) is 25.7 Å². The maximum Gasteiger partial charge on any atom is 0.407 e. The van der Waals surface area contributed by atoms with Crippen molar-refractivity contribution in [3.63, 3.8) is 0 Å². The molecule has 3 heteroatoms. The number of hydrogen-bond donors (Lipinski definition) is 1. The normalized spacial score (nSPS) is 33.8. The molecular formula is C9H17NO2. The van der Waals surface area contributed by atoms with Gasteiger partial charge in [-0.3, -0.25) is 0 Å². The number of rotatable bonds is 2. The first-order valence-corrected chi connectivity index (χ1v) is 4.50. The summed E-state index contributed by atoms with van der Waals surface area (Å²) in [5, 5.41) is 2.46. The Bertz CT molecular complexity index is 173. The van der Waals surface area contributed by atoms with Crippen molar-refractivity contribution in [1.29, 1.82) is 0 Å². The van der Waals surface area contributed by atoms with Crippen molar-refractivity contribution in [3.05, 3.63) is 0 Å². The molecule has 12 heavy (non-hydrogen) atoms. The molecule has 1 rings (SSSR count). The van der Waals surface area contributed by atoms with Gasteiger partial charge >= 0.3 is 6.09 Å². The van der Waals surface area contributed by atoms with Gasteiger partial charge in [0.25, 0.3) is 0 Å². The smallest absolute Gasteiger partial charge is 0.407 e. The number of alkyl carbamates (subject to hydrolysis) is 1. The van der Waals surface area contributed by atoms with Gasteiger partial charge in [-0.1, -0.05) is 13.3 Å². The molecule has 0 heterocycles. The lowest BCUT2D eigenvalue weighted by atomic mass is 9.71. The molecule has 3 nitrogen and oxygen atoms in total. The minimum atomic E-state index is -0.313. The zero-order chi connectivity index (χ0) is 9.19. The van der Waals surface area contributed by atoms with Crippen molar-refractivity contribution in [1.82, 2.24) is 5.32 Å². The van der Waals surface area contributed by atoms with Crippen LogP contribution in [0.25, 0.3) is 0 Å². The third-order valence-electron chi connectivity index (χ3n) is 2.56. The van der Waals surface area contributed by atoms with E-state index in [0.717, 1.165) is 18.8 Å². The lowest BCUT2D eigenvalue weighted by Gasteiger charge is -2.43. The Morgan fingerprint density at radius 1 is 1.67 bits per heavy atom. The van der Waals surface area contributed by atoms with Crippen LogP contribution in [0.4, 0.5) is 4.79 Å². The molecule has 0 aliphatic heterocycles. The third-order valence-corrected chi connectivity index (χ3v) is 2.56. The van der Waals surface area contributed by atoms with Gasteiger partial charge in [-0.2, -0.15) is 0 Å². The maximum atomic E-state index is 10.9. The van der Waals surface area contributed by atoms with Gasteiger partial charge in [0.2, 0.25) is 0 Å². The number of ether oxygens (including phenoxy) is 1. The number of nitrogens with one attached hydrogen (secondary N) is 1. The van der Waals surface area contributed by atoms with E-state index in [1.54, 1.807) is 7.05 Å². The average Bonchev–Trinajstić information content (AvgIpc) is 1.99. The van der Waals surface area contributed by atoms with E-state index < -0.39 is 0 Å². The molecule has 0 aromatic heterocycles. The second kappa shape index (κ2) is 3.33. The first-order valence-electron chi connectivity index (χ1n) is 4.50. The summed E-state index contributed by atoms with van der Waals surface area (Å²) in [6.07, 6.45) is 2.90. The van der Waals surface area contributed by atoms with Crippen LogP contribution in [0.15, 0.2) is 0 Å². The first-order chi connectivity index (χ1) is 5.59. The van der Waals surface area contributed by atoms with E-state index in [4.69, 9.17) is 4.74 Å². The number of carbonyl (C=O) groups excluding carboxylic acids is 1. The Morgan fingerprint density at radius 3 is 2.67 bits per heavy atom. The van der Waals surface area contributed by atoms with E-state index in [1.165, 1.54) is 6.42 Å². The highest BCUT2D eigenvalue weighted by Gasteiger charge is 2.42. The lowest BCUT2D eigenvalue weighted by molar-refractivity contribution is -0.0674. The Labute approximate surface area is 73.5 Å². The van der Waals surface area contributed by atoms with Crippen LogP contribution in [0.2, 0.25) is 0 Å². The fraction of sp³-hybridized carbons (Fsp3) is 0.889. The maximum absolute atomic E-state index is 10.9. The van der Waals surface area contributed by atoms with Crippen LogP contribution in [0, 0.1) is 5.92 Å². The monoisotopic (exact) mass is 171 g/mol. The van der Waals surface area contributed by atoms with E-state index in [0.29, 0.717) is 0 Å². The number of carbonyl (C=O) groups is 1. The topological polar surface area (TPSA) is 38.3 Å². The molecule has 0 saturated heterocycles. The van der Waals surface area contributed by atoms with E-state index in [2.05, 4.69) is 12.2 Å². The second-order valence-corrected chi connectivity index (χ2v) is 3.77. The predicted octanol–water partition coefficient (Wildman–Crippen LogP) is 1.92. The van der Waals surface area contributed by atoms with Gasteiger partial charge in [-0.15, -0.1) is 0 Å². The molecule has 1 amide bonds. The van der Waals surface area contributed by atoms with Crippen molar-refractivity contribution in [3.8, 4) is 0 Å². The summed E-state index contributed by atoms with van der Waals surface area (Å²) in [6.45, 7) is 4.17. The zero-order valence-corrected chi connectivity index (χ0v) is 8.02. The Kier molecular flexibility index (Phi) is 2.60. The van der Waals surface area contributed by atoms with E-state index in [1.807, 2.05) is 6.92 Å². The van der Waals surface area contributed by atoms with Crippen molar-refractivity contribution in [2.45, 2.75) is 38.7 Å². The highest BCUT2D eigenvalue weighted by Crippen LogP contribution is 2.42. The van der Waals surface area contributed by atoms with Crippen LogP contribution in [-0.2, 0) is 4.74 Å². The molecule has 70 valence electrons. The summed E-state index contributed by atoms with van der Waals surface area (Å²) in [7, 11) is 1.58. The highest BCUT2D eigenvalue weighted by atomic mass is 16.6. The molecular weight excluding hydrogens is 154 g/mol. The molecule has 1 aliphatic carbocycles. The minimum Gasteiger partial charge on any atom is -0.443 e. The van der Waals surface area contributed by atoms with Crippen LogP contribution in [0.1, 0.15) is 33.1 Å². The molecule has 0 spiro atoms. The van der Waals surface area contributed by atoms with Gasteiger partial charge in [0.15, 0.2) is 0 Å². The Morgan fingerprint density at radius 2 is 2.25 bits per heavy atom. The van der Waals surface area contributed by atoms with Crippen LogP contribution in [-0.4, -0.2) is 18.7 Å². The van der Waals surface area contributed by atoms with Crippen molar-refractivity contribution in [2.24, 2.45) is 5.92 Å². The minimum absolute atomic E-state index is 0.194. The second-order valence-electron chi connectivity index (χ2n) is 3.77. The van der Waals surface area contributed by atoms with Crippen LogP contribution in [0.5, 0.6) is 0 Å². The Hall–Kier alpha value is -0.730. The molecule has 0 atom stereocenters. The average molecular weight is 171 g/mol. The van der Waals surface area contributed by atoms with Crippen molar-refractivity contribution < 1.29 is 9.53 Å². The molecule has 0 unspecified atom stereocenters. The predicted molar refractivity (Wildman–Crippen MR) is 47.0 cm³/mol. The molecule has 0 aromatic carbocycles. The summed E-state index contributed by atoms with van der Waals surface area (Å²) in [6, 6.07) is 0. The van der Waals surface area contributed by atoms with Crippen molar-refractivity contribution in [2.75, 3.05) is 7.05 Å². The third kappa shape index (κ3) is 1.90. The molecule has 1 aliphatic rings. The first kappa shape index (κ1) is 9.36. The van der Waals surface area contributed by atoms with E-state index >= 15 is 0 Å². The van der Waals surface area contributed by atoms with Gasteiger partial charge in [0.05, 0.1) is 0 Å². The molecule has 0 radical (unpaired) electrons. The summed E-state index contributed by atoms with van der Waals surface area (Å²) >= 11 is 0. The van der Waals surface area contributed by atoms with Gasteiger partial charge in [0.1, 0.15) is 5.60 Å². The van der Waals surface area contributed by atoms with Crippen molar-refractivity contribution >= 4 is 6.09 Å². The summed E-state index contributed by atoms with van der Waals surface area (Å²) in [5.41, 5.74) is -0.194. The molecule has 0 bridgehead atoms. The largest absolute Gasteiger partial charge is 0.443 e. The Balaban J connectivity index is 2.30. The van der Waals surface area contributed by atoms with Gasteiger partial charge < -0.3 is 10.1 Å². The summed E-state index contributed by atoms with van der Waals surface area (Å²) in [4.78, 5) is 10.9. The zero-order valence-electron chi connectivity index (χ0n) is 8.02. The number of hydrogen-bond acceptors (Lipinski definition) is 2.